The average Bonchev–Trinajstić information content (AvgIpc) is 2.78. The summed E-state index contributed by atoms with van der Waals surface area (Å²) in [6.07, 6.45) is 3.22. The number of ether oxygens (including phenoxy) is 2. The van der Waals surface area contributed by atoms with Crippen molar-refractivity contribution < 1.29 is 29.0 Å². The summed E-state index contributed by atoms with van der Waals surface area (Å²) in [6.45, 7) is 1.66. The van der Waals surface area contributed by atoms with Gasteiger partial charge in [0.15, 0.2) is 0 Å². The van der Waals surface area contributed by atoms with E-state index >= 15 is 0 Å². The molecule has 0 spiro atoms. The number of carbonyl (C=O) groups excluding carboxylic acids is 2. The summed E-state index contributed by atoms with van der Waals surface area (Å²) in [5.74, 6) is -0.703. The number of thioether (sulfide) groups is 1. The van der Waals surface area contributed by atoms with E-state index in [1.807, 2.05) is 24.3 Å². The highest BCUT2D eigenvalue weighted by atomic mass is 32.2. The van der Waals surface area contributed by atoms with Crippen LogP contribution < -0.4 is 10.1 Å². The molecule has 0 aromatic heterocycles. The second-order valence-corrected chi connectivity index (χ2v) is 7.99. The van der Waals surface area contributed by atoms with Crippen molar-refractivity contribution in [2.75, 3.05) is 25.6 Å². The van der Waals surface area contributed by atoms with Crippen molar-refractivity contribution in [1.29, 1.82) is 0 Å². The maximum Gasteiger partial charge on any atom is 0.338 e. The molecule has 2 aromatic carbocycles. The van der Waals surface area contributed by atoms with Gasteiger partial charge in [-0.3, -0.25) is 4.79 Å². The number of carboxylic acid groups (broad SMARTS) is 1. The molecule has 0 fully saturated rings. The highest BCUT2D eigenvalue weighted by Gasteiger charge is 2.16. The van der Waals surface area contributed by atoms with E-state index in [0.717, 1.165) is 30.4 Å². The van der Waals surface area contributed by atoms with Gasteiger partial charge in [-0.25, -0.2) is 4.79 Å². The lowest BCUT2D eigenvalue weighted by atomic mass is 10.1. The number of aldehydes is 1. The number of hydrogen-bond donors (Lipinski definition) is 2. The summed E-state index contributed by atoms with van der Waals surface area (Å²) in [5, 5.41) is 11.5. The van der Waals surface area contributed by atoms with Gasteiger partial charge in [0.25, 0.3) is 0 Å². The Hall–Kier alpha value is -3.00. The van der Waals surface area contributed by atoms with Gasteiger partial charge in [-0.05, 0) is 62.1 Å². The van der Waals surface area contributed by atoms with Crippen molar-refractivity contribution in [1.82, 2.24) is 0 Å². The zero-order valence-electron chi connectivity index (χ0n) is 17.6. The Kier molecular flexibility index (Phi) is 9.90. The lowest BCUT2D eigenvalue weighted by Gasteiger charge is -2.15. The lowest BCUT2D eigenvalue weighted by Crippen LogP contribution is -2.14. The Bertz CT molecular complexity index is 884. The molecule has 0 saturated carbocycles. The zero-order valence-corrected chi connectivity index (χ0v) is 18.4. The van der Waals surface area contributed by atoms with Crippen LogP contribution >= 0.6 is 11.8 Å². The molecule has 166 valence electrons. The molecule has 31 heavy (non-hydrogen) atoms. The third-order valence-corrected chi connectivity index (χ3v) is 5.72. The van der Waals surface area contributed by atoms with Crippen LogP contribution in [0.5, 0.6) is 5.75 Å². The van der Waals surface area contributed by atoms with Gasteiger partial charge >= 0.3 is 11.9 Å². The molecule has 2 aromatic rings. The first-order valence-corrected chi connectivity index (χ1v) is 10.9. The summed E-state index contributed by atoms with van der Waals surface area (Å²) in [4.78, 5) is 35.3. The minimum absolute atomic E-state index is 0.245. The molecule has 0 saturated heterocycles. The zero-order chi connectivity index (χ0) is 22.6. The summed E-state index contributed by atoms with van der Waals surface area (Å²) in [7, 11) is 1.62. The second-order valence-electron chi connectivity index (χ2n) is 6.71. The van der Waals surface area contributed by atoms with Crippen molar-refractivity contribution >= 4 is 35.7 Å². The molecule has 8 heteroatoms. The fraction of sp³-hybridized carbons (Fsp3) is 0.348. The van der Waals surface area contributed by atoms with Gasteiger partial charge in [0.05, 0.1) is 24.5 Å². The molecule has 0 radical (unpaired) electrons. The largest absolute Gasteiger partial charge is 0.497 e. The molecule has 2 rings (SSSR count). The molecular formula is C23H27NO6S. The van der Waals surface area contributed by atoms with Gasteiger partial charge in [0.2, 0.25) is 0 Å². The van der Waals surface area contributed by atoms with Gasteiger partial charge in [-0.15, -0.1) is 11.8 Å². The minimum Gasteiger partial charge on any atom is -0.497 e. The number of nitrogens with one attached hydrogen (secondary N) is 1. The smallest absolute Gasteiger partial charge is 0.338 e. The Labute approximate surface area is 186 Å². The highest BCUT2D eigenvalue weighted by molar-refractivity contribution is 8.00. The number of methoxy groups -OCH3 is 1. The number of esters is 1. The van der Waals surface area contributed by atoms with Crippen molar-refractivity contribution in [2.45, 2.75) is 36.3 Å². The van der Waals surface area contributed by atoms with Gasteiger partial charge in [0.1, 0.15) is 18.6 Å². The number of carboxylic acids is 1. The maximum absolute atomic E-state index is 12.0. The molecule has 0 bridgehead atoms. The normalized spacial score (nSPS) is 11.4. The number of anilines is 1. The molecule has 7 nitrogen and oxygen atoms in total. The van der Waals surface area contributed by atoms with Gasteiger partial charge in [0, 0.05) is 10.6 Å². The number of aliphatic carboxylic acids is 1. The molecule has 1 unspecified atom stereocenters. The maximum atomic E-state index is 12.0. The second kappa shape index (κ2) is 12.6. The Morgan fingerprint density at radius 2 is 1.94 bits per heavy atom. The van der Waals surface area contributed by atoms with E-state index in [-0.39, 0.29) is 18.4 Å². The first-order chi connectivity index (χ1) is 15.0. The SMILES string of the molecule is CCOC(=O)c1ccc(SC(C=O)CCCc2ccc(OC)cc2)c(NCC(=O)O)c1. The van der Waals surface area contributed by atoms with E-state index in [1.165, 1.54) is 11.8 Å². The van der Waals surface area contributed by atoms with Gasteiger partial charge in [-0.2, -0.15) is 0 Å². The van der Waals surface area contributed by atoms with E-state index in [1.54, 1.807) is 32.2 Å². The highest BCUT2D eigenvalue weighted by Crippen LogP contribution is 2.33. The van der Waals surface area contributed by atoms with Crippen molar-refractivity contribution in [3.8, 4) is 5.75 Å². The molecule has 0 aliphatic heterocycles. The van der Waals surface area contributed by atoms with Crippen LogP contribution in [0.25, 0.3) is 0 Å². The molecular weight excluding hydrogens is 418 g/mol. The molecule has 1 atom stereocenters. The summed E-state index contributed by atoms with van der Waals surface area (Å²) in [5.41, 5.74) is 1.97. The molecule has 0 amide bonds. The van der Waals surface area contributed by atoms with E-state index in [2.05, 4.69) is 5.32 Å². The van der Waals surface area contributed by atoms with Crippen molar-refractivity contribution in [3.63, 3.8) is 0 Å². The van der Waals surface area contributed by atoms with Crippen molar-refractivity contribution in [3.05, 3.63) is 53.6 Å². The van der Waals surface area contributed by atoms with Crippen LogP contribution in [0.2, 0.25) is 0 Å². The lowest BCUT2D eigenvalue weighted by molar-refractivity contribution is -0.134. The number of aryl methyl sites for hydroxylation is 1. The Balaban J connectivity index is 2.04. The van der Waals surface area contributed by atoms with Crippen LogP contribution in [0, 0.1) is 0 Å². The van der Waals surface area contributed by atoms with E-state index in [0.29, 0.717) is 22.6 Å². The molecule has 0 heterocycles. The number of carbonyl (C=O) groups is 3. The summed E-state index contributed by atoms with van der Waals surface area (Å²) in [6, 6.07) is 12.7. The summed E-state index contributed by atoms with van der Waals surface area (Å²) < 4.78 is 10.2. The van der Waals surface area contributed by atoms with E-state index < -0.39 is 11.9 Å². The standard InChI is InChI=1S/C23H27NO6S/c1-3-30-23(28)17-9-12-21(20(13-17)24-14-22(26)27)31-19(15-25)6-4-5-16-7-10-18(29-2)11-8-16/h7-13,15,19,24H,3-6,14H2,1-2H3,(H,26,27). The van der Waals surface area contributed by atoms with Gasteiger partial charge < -0.3 is 24.7 Å². The first kappa shape index (κ1) is 24.3. The molecule has 2 N–H and O–H groups in total. The third kappa shape index (κ3) is 7.97. The number of hydrogen-bond acceptors (Lipinski definition) is 7. The fourth-order valence-electron chi connectivity index (χ4n) is 2.90. The van der Waals surface area contributed by atoms with E-state index in [4.69, 9.17) is 14.6 Å². The van der Waals surface area contributed by atoms with Crippen LogP contribution in [0.4, 0.5) is 5.69 Å². The quantitative estimate of drug-likeness (QED) is 0.270. The molecule has 0 aliphatic rings. The van der Waals surface area contributed by atoms with Crippen LogP contribution in [0.1, 0.15) is 35.7 Å². The fourth-order valence-corrected chi connectivity index (χ4v) is 3.97. The number of rotatable bonds is 13. The topological polar surface area (TPSA) is 102 Å². The monoisotopic (exact) mass is 445 g/mol. The van der Waals surface area contributed by atoms with Crippen LogP contribution in [-0.2, 0) is 20.7 Å². The predicted molar refractivity (Wildman–Crippen MR) is 120 cm³/mol. The Morgan fingerprint density at radius 1 is 1.19 bits per heavy atom. The van der Waals surface area contributed by atoms with Crippen LogP contribution in [0.15, 0.2) is 47.4 Å². The third-order valence-electron chi connectivity index (χ3n) is 4.46. The van der Waals surface area contributed by atoms with Gasteiger partial charge in [-0.1, -0.05) is 12.1 Å². The molecule has 0 aliphatic carbocycles. The minimum atomic E-state index is -1.02. The van der Waals surface area contributed by atoms with Crippen LogP contribution in [0.3, 0.4) is 0 Å². The predicted octanol–water partition coefficient (Wildman–Crippen LogP) is 4.05. The Morgan fingerprint density at radius 3 is 2.55 bits per heavy atom. The first-order valence-electron chi connectivity index (χ1n) is 9.98. The number of benzene rings is 2. The van der Waals surface area contributed by atoms with E-state index in [9.17, 15) is 14.4 Å². The van der Waals surface area contributed by atoms with Crippen LogP contribution in [-0.4, -0.2) is 48.8 Å². The average molecular weight is 446 g/mol. The van der Waals surface area contributed by atoms with Crippen molar-refractivity contribution in [2.24, 2.45) is 0 Å². The summed E-state index contributed by atoms with van der Waals surface area (Å²) >= 11 is 1.35.